The molecule has 0 radical (unpaired) electrons. The molecule has 18 heavy (non-hydrogen) atoms. The van der Waals surface area contributed by atoms with Crippen LogP contribution < -0.4 is 10.6 Å². The Labute approximate surface area is 115 Å². The maximum absolute atomic E-state index is 11.5. The summed E-state index contributed by atoms with van der Waals surface area (Å²) in [5, 5.41) is 5.58. The van der Waals surface area contributed by atoms with E-state index >= 15 is 0 Å². The first kappa shape index (κ1) is 12.9. The standard InChI is InChI=1S/C13H13ClN2OS/c14-12-7-6-11(18-12)9-16-13(17)15-8-10-4-2-1-3-5-10/h1-7H,8-9H2,(H2,15,16,17). The molecule has 0 unspecified atom stereocenters. The third-order valence-electron chi connectivity index (χ3n) is 2.35. The molecular weight excluding hydrogens is 268 g/mol. The molecule has 0 saturated carbocycles. The van der Waals surface area contributed by atoms with Gasteiger partial charge in [0.05, 0.1) is 10.9 Å². The van der Waals surface area contributed by atoms with Crippen molar-refractivity contribution in [2.24, 2.45) is 0 Å². The number of carbonyl (C=O) groups is 1. The van der Waals surface area contributed by atoms with Crippen molar-refractivity contribution in [3.05, 3.63) is 57.2 Å². The summed E-state index contributed by atoms with van der Waals surface area (Å²) in [5.41, 5.74) is 1.08. The molecule has 0 fully saturated rings. The minimum atomic E-state index is -0.177. The van der Waals surface area contributed by atoms with Gasteiger partial charge in [0.15, 0.2) is 0 Å². The van der Waals surface area contributed by atoms with Gasteiger partial charge in [-0.05, 0) is 17.7 Å². The smallest absolute Gasteiger partial charge is 0.315 e. The normalized spacial score (nSPS) is 10.1. The van der Waals surface area contributed by atoms with E-state index in [0.29, 0.717) is 13.1 Å². The number of carbonyl (C=O) groups excluding carboxylic acids is 1. The van der Waals surface area contributed by atoms with Gasteiger partial charge < -0.3 is 10.6 Å². The second-order valence-electron chi connectivity index (χ2n) is 3.73. The van der Waals surface area contributed by atoms with Crippen LogP contribution in [-0.2, 0) is 13.1 Å². The molecule has 0 aliphatic heterocycles. The zero-order valence-corrected chi connectivity index (χ0v) is 11.2. The molecule has 5 heteroatoms. The van der Waals surface area contributed by atoms with Crippen molar-refractivity contribution < 1.29 is 4.79 Å². The molecule has 94 valence electrons. The predicted molar refractivity (Wildman–Crippen MR) is 74.8 cm³/mol. The van der Waals surface area contributed by atoms with E-state index in [9.17, 15) is 4.79 Å². The second kappa shape index (κ2) is 6.42. The quantitative estimate of drug-likeness (QED) is 0.885. The van der Waals surface area contributed by atoms with E-state index in [4.69, 9.17) is 11.6 Å². The lowest BCUT2D eigenvalue weighted by atomic mass is 10.2. The Bertz CT molecular complexity index is 513. The molecule has 0 spiro atoms. The fourth-order valence-corrected chi connectivity index (χ4v) is 2.48. The van der Waals surface area contributed by atoms with Crippen LogP contribution in [0.4, 0.5) is 4.79 Å². The number of nitrogens with one attached hydrogen (secondary N) is 2. The van der Waals surface area contributed by atoms with Gasteiger partial charge in [0, 0.05) is 11.4 Å². The van der Waals surface area contributed by atoms with Crippen LogP contribution in [0.1, 0.15) is 10.4 Å². The summed E-state index contributed by atoms with van der Waals surface area (Å²) in [6.07, 6.45) is 0. The molecule has 2 N–H and O–H groups in total. The van der Waals surface area contributed by atoms with Crippen molar-refractivity contribution in [1.82, 2.24) is 10.6 Å². The fourth-order valence-electron chi connectivity index (χ4n) is 1.45. The Morgan fingerprint density at radius 2 is 1.78 bits per heavy atom. The third-order valence-corrected chi connectivity index (χ3v) is 3.58. The highest BCUT2D eigenvalue weighted by Crippen LogP contribution is 2.20. The van der Waals surface area contributed by atoms with Crippen LogP contribution in [-0.4, -0.2) is 6.03 Å². The second-order valence-corrected chi connectivity index (χ2v) is 5.53. The summed E-state index contributed by atoms with van der Waals surface area (Å²) >= 11 is 7.27. The molecule has 2 aromatic rings. The fraction of sp³-hybridized carbons (Fsp3) is 0.154. The highest BCUT2D eigenvalue weighted by Gasteiger charge is 2.02. The Morgan fingerprint density at radius 3 is 2.44 bits per heavy atom. The van der Waals surface area contributed by atoms with Crippen LogP contribution in [0.5, 0.6) is 0 Å². The van der Waals surface area contributed by atoms with E-state index in [-0.39, 0.29) is 6.03 Å². The maximum atomic E-state index is 11.5. The SMILES string of the molecule is O=C(NCc1ccccc1)NCc1ccc(Cl)s1. The first-order chi connectivity index (χ1) is 8.74. The van der Waals surface area contributed by atoms with E-state index < -0.39 is 0 Å². The minimum absolute atomic E-state index is 0.177. The maximum Gasteiger partial charge on any atom is 0.315 e. The highest BCUT2D eigenvalue weighted by molar-refractivity contribution is 7.16. The molecule has 0 atom stereocenters. The molecule has 1 aromatic heterocycles. The molecule has 1 aromatic carbocycles. The summed E-state index contributed by atoms with van der Waals surface area (Å²) in [7, 11) is 0. The van der Waals surface area contributed by atoms with Crippen molar-refractivity contribution in [1.29, 1.82) is 0 Å². The zero-order valence-electron chi connectivity index (χ0n) is 9.65. The van der Waals surface area contributed by atoms with Crippen molar-refractivity contribution in [3.63, 3.8) is 0 Å². The van der Waals surface area contributed by atoms with Crippen LogP contribution >= 0.6 is 22.9 Å². The van der Waals surface area contributed by atoms with Crippen molar-refractivity contribution >= 4 is 29.0 Å². The Morgan fingerprint density at radius 1 is 1.06 bits per heavy atom. The Kier molecular flexibility index (Phi) is 4.61. The van der Waals surface area contributed by atoms with Gasteiger partial charge in [0.1, 0.15) is 0 Å². The number of thiophene rings is 1. The van der Waals surface area contributed by atoms with Crippen molar-refractivity contribution in [2.45, 2.75) is 13.1 Å². The molecule has 2 amide bonds. The summed E-state index contributed by atoms with van der Waals surface area (Å²) in [6.45, 7) is 1.02. The Hall–Kier alpha value is -1.52. The highest BCUT2D eigenvalue weighted by atomic mass is 35.5. The van der Waals surface area contributed by atoms with E-state index in [1.807, 2.05) is 42.5 Å². The van der Waals surface area contributed by atoms with Crippen LogP contribution in [0.2, 0.25) is 4.34 Å². The number of benzene rings is 1. The number of rotatable bonds is 4. The Balaban J connectivity index is 1.73. The van der Waals surface area contributed by atoms with Crippen molar-refractivity contribution in [3.8, 4) is 0 Å². The monoisotopic (exact) mass is 280 g/mol. The first-order valence-electron chi connectivity index (χ1n) is 5.54. The summed E-state index contributed by atoms with van der Waals surface area (Å²) in [6, 6.07) is 13.3. The largest absolute Gasteiger partial charge is 0.334 e. The van der Waals surface area contributed by atoms with Gasteiger partial charge in [0.2, 0.25) is 0 Å². The summed E-state index contributed by atoms with van der Waals surface area (Å²) in [5.74, 6) is 0. The molecule has 0 bridgehead atoms. The lowest BCUT2D eigenvalue weighted by molar-refractivity contribution is 0.240. The van der Waals surface area contributed by atoms with Gasteiger partial charge >= 0.3 is 6.03 Å². The molecule has 0 saturated heterocycles. The van der Waals surface area contributed by atoms with E-state index in [0.717, 1.165) is 14.8 Å². The van der Waals surface area contributed by atoms with Crippen molar-refractivity contribution in [2.75, 3.05) is 0 Å². The van der Waals surface area contributed by atoms with Crippen LogP contribution in [0, 0.1) is 0 Å². The molecule has 2 rings (SSSR count). The number of hydrogen-bond acceptors (Lipinski definition) is 2. The first-order valence-corrected chi connectivity index (χ1v) is 6.73. The number of halogens is 1. The average molecular weight is 281 g/mol. The zero-order chi connectivity index (χ0) is 12.8. The van der Waals surface area contributed by atoms with E-state index in [1.54, 1.807) is 0 Å². The summed E-state index contributed by atoms with van der Waals surface area (Å²) in [4.78, 5) is 12.6. The minimum Gasteiger partial charge on any atom is -0.334 e. The predicted octanol–water partition coefficient (Wildman–Crippen LogP) is 3.40. The number of urea groups is 1. The van der Waals surface area contributed by atoms with Gasteiger partial charge in [0.25, 0.3) is 0 Å². The summed E-state index contributed by atoms with van der Waals surface area (Å²) < 4.78 is 0.733. The molecule has 0 aliphatic rings. The van der Waals surface area contributed by atoms with Crippen LogP contribution in [0.3, 0.4) is 0 Å². The average Bonchev–Trinajstić information content (AvgIpc) is 2.81. The topological polar surface area (TPSA) is 41.1 Å². The van der Waals surface area contributed by atoms with Gasteiger partial charge in [-0.15, -0.1) is 11.3 Å². The lowest BCUT2D eigenvalue weighted by Crippen LogP contribution is -2.34. The van der Waals surface area contributed by atoms with Crippen LogP contribution in [0.25, 0.3) is 0 Å². The van der Waals surface area contributed by atoms with Gasteiger partial charge in [-0.1, -0.05) is 41.9 Å². The molecular formula is C13H13ClN2OS. The van der Waals surface area contributed by atoms with Gasteiger partial charge in [-0.2, -0.15) is 0 Å². The molecule has 1 heterocycles. The number of amides is 2. The van der Waals surface area contributed by atoms with E-state index in [2.05, 4.69) is 10.6 Å². The van der Waals surface area contributed by atoms with Crippen LogP contribution in [0.15, 0.2) is 42.5 Å². The molecule has 3 nitrogen and oxygen atoms in total. The van der Waals surface area contributed by atoms with Gasteiger partial charge in [-0.25, -0.2) is 4.79 Å². The number of hydrogen-bond donors (Lipinski definition) is 2. The lowest BCUT2D eigenvalue weighted by Gasteiger charge is -2.06. The van der Waals surface area contributed by atoms with Gasteiger partial charge in [-0.3, -0.25) is 0 Å². The van der Waals surface area contributed by atoms with E-state index in [1.165, 1.54) is 11.3 Å². The third kappa shape index (κ3) is 4.05. The molecule has 0 aliphatic carbocycles.